The van der Waals surface area contributed by atoms with Crippen molar-refractivity contribution in [1.29, 1.82) is 0 Å². The Morgan fingerprint density at radius 1 is 1.32 bits per heavy atom. The Morgan fingerprint density at radius 2 is 2.00 bits per heavy atom. The van der Waals surface area contributed by atoms with Crippen molar-refractivity contribution in [3.8, 4) is 0 Å². The highest BCUT2D eigenvalue weighted by atomic mass is 32.2. The number of sulfonamides is 1. The topological polar surface area (TPSA) is 71.1 Å². The molecule has 1 aromatic heterocycles. The molecule has 2 unspecified atom stereocenters. The van der Waals surface area contributed by atoms with Crippen LogP contribution in [0.5, 0.6) is 0 Å². The number of pyridine rings is 1. The second-order valence-corrected chi connectivity index (χ2v) is 6.31. The Kier molecular flexibility index (Phi) is 5.75. The van der Waals surface area contributed by atoms with E-state index < -0.39 is 10.0 Å². The van der Waals surface area contributed by atoms with E-state index in [9.17, 15) is 8.42 Å². The van der Waals surface area contributed by atoms with Gasteiger partial charge in [-0.05, 0) is 31.9 Å². The van der Waals surface area contributed by atoms with Crippen molar-refractivity contribution < 1.29 is 8.42 Å². The molecule has 1 heterocycles. The highest BCUT2D eigenvalue weighted by molar-refractivity contribution is 7.89. The fourth-order valence-corrected chi connectivity index (χ4v) is 3.16. The molecule has 0 spiro atoms. The van der Waals surface area contributed by atoms with Crippen LogP contribution in [0.2, 0.25) is 0 Å². The molecule has 19 heavy (non-hydrogen) atoms. The average Bonchev–Trinajstić information content (AvgIpc) is 2.38. The highest BCUT2D eigenvalue weighted by Crippen LogP contribution is 2.19. The standard InChI is InChI=1S/C13H23N3O2S/c1-5-10(3)11(4)16-19(17,18)13-12(14-6-2)8-7-9-15-13/h7-11,14,16H,5-6H2,1-4H3. The highest BCUT2D eigenvalue weighted by Gasteiger charge is 2.24. The average molecular weight is 285 g/mol. The van der Waals surface area contributed by atoms with E-state index in [-0.39, 0.29) is 17.0 Å². The second kappa shape index (κ2) is 6.86. The summed E-state index contributed by atoms with van der Waals surface area (Å²) in [6, 6.07) is 3.32. The lowest BCUT2D eigenvalue weighted by molar-refractivity contribution is 0.433. The van der Waals surface area contributed by atoms with Crippen molar-refractivity contribution >= 4 is 15.7 Å². The largest absolute Gasteiger partial charge is 0.383 e. The Labute approximate surface area is 115 Å². The van der Waals surface area contributed by atoms with Crippen molar-refractivity contribution in [2.24, 2.45) is 5.92 Å². The number of aromatic nitrogens is 1. The normalized spacial score (nSPS) is 14.9. The number of rotatable bonds is 7. The molecule has 1 aromatic rings. The zero-order chi connectivity index (χ0) is 14.5. The zero-order valence-electron chi connectivity index (χ0n) is 12.0. The van der Waals surface area contributed by atoms with Crippen LogP contribution < -0.4 is 10.0 Å². The fourth-order valence-electron chi connectivity index (χ4n) is 1.70. The van der Waals surface area contributed by atoms with E-state index >= 15 is 0 Å². The summed E-state index contributed by atoms with van der Waals surface area (Å²) in [5.41, 5.74) is 0.536. The molecule has 0 aliphatic rings. The van der Waals surface area contributed by atoms with Crippen LogP contribution in [0.4, 0.5) is 5.69 Å². The van der Waals surface area contributed by atoms with Crippen molar-refractivity contribution in [3.05, 3.63) is 18.3 Å². The first-order valence-electron chi connectivity index (χ1n) is 6.63. The SMILES string of the molecule is CCNc1cccnc1S(=O)(=O)NC(C)C(C)CC. The van der Waals surface area contributed by atoms with Gasteiger partial charge in [-0.25, -0.2) is 18.1 Å². The molecule has 5 nitrogen and oxygen atoms in total. The third kappa shape index (κ3) is 4.18. The summed E-state index contributed by atoms with van der Waals surface area (Å²) >= 11 is 0. The van der Waals surface area contributed by atoms with E-state index in [1.807, 2.05) is 27.7 Å². The molecular formula is C13H23N3O2S. The van der Waals surface area contributed by atoms with Crippen LogP contribution in [0, 0.1) is 5.92 Å². The van der Waals surface area contributed by atoms with Gasteiger partial charge >= 0.3 is 0 Å². The summed E-state index contributed by atoms with van der Waals surface area (Å²) < 4.78 is 27.4. The molecule has 0 aliphatic heterocycles. The van der Waals surface area contributed by atoms with E-state index in [0.29, 0.717) is 12.2 Å². The van der Waals surface area contributed by atoms with Crippen LogP contribution in [-0.4, -0.2) is 26.0 Å². The molecule has 0 amide bonds. The van der Waals surface area contributed by atoms with Crippen LogP contribution in [0.25, 0.3) is 0 Å². The van der Waals surface area contributed by atoms with Crippen molar-refractivity contribution in [1.82, 2.24) is 9.71 Å². The molecule has 0 fully saturated rings. The van der Waals surface area contributed by atoms with Gasteiger partial charge in [-0.2, -0.15) is 0 Å². The number of anilines is 1. The van der Waals surface area contributed by atoms with Crippen LogP contribution in [0.1, 0.15) is 34.1 Å². The third-order valence-corrected chi connectivity index (χ3v) is 4.75. The van der Waals surface area contributed by atoms with Crippen LogP contribution in [-0.2, 0) is 10.0 Å². The van der Waals surface area contributed by atoms with Gasteiger partial charge in [0.1, 0.15) is 0 Å². The maximum atomic E-state index is 12.3. The first-order chi connectivity index (χ1) is 8.92. The Hall–Kier alpha value is -1.14. The Balaban J connectivity index is 3.00. The first kappa shape index (κ1) is 15.9. The van der Waals surface area contributed by atoms with Gasteiger partial charge in [0.2, 0.25) is 0 Å². The summed E-state index contributed by atoms with van der Waals surface area (Å²) in [6.45, 7) is 8.51. The Bertz CT molecular complexity index is 502. The predicted octanol–water partition coefficient (Wildman–Crippen LogP) is 2.23. The molecule has 0 saturated heterocycles. The molecule has 6 heteroatoms. The number of hydrogen-bond acceptors (Lipinski definition) is 4. The van der Waals surface area contributed by atoms with Gasteiger partial charge in [0.25, 0.3) is 10.0 Å². The number of nitrogens with zero attached hydrogens (tertiary/aromatic N) is 1. The molecule has 2 atom stereocenters. The third-order valence-electron chi connectivity index (χ3n) is 3.23. The lowest BCUT2D eigenvalue weighted by Gasteiger charge is -2.20. The van der Waals surface area contributed by atoms with Crippen molar-refractivity contribution in [3.63, 3.8) is 0 Å². The van der Waals surface area contributed by atoms with E-state index in [1.165, 1.54) is 6.20 Å². The maximum absolute atomic E-state index is 12.3. The number of hydrogen-bond donors (Lipinski definition) is 2. The molecular weight excluding hydrogens is 262 g/mol. The van der Waals surface area contributed by atoms with E-state index in [1.54, 1.807) is 12.1 Å². The quantitative estimate of drug-likeness (QED) is 0.806. The Morgan fingerprint density at radius 3 is 2.58 bits per heavy atom. The monoisotopic (exact) mass is 285 g/mol. The van der Waals surface area contributed by atoms with Crippen LogP contribution >= 0.6 is 0 Å². The molecule has 2 N–H and O–H groups in total. The van der Waals surface area contributed by atoms with E-state index in [4.69, 9.17) is 0 Å². The summed E-state index contributed by atoms with van der Waals surface area (Å²) in [4.78, 5) is 3.99. The molecule has 0 saturated carbocycles. The summed E-state index contributed by atoms with van der Waals surface area (Å²) in [6.07, 6.45) is 2.41. The summed E-state index contributed by atoms with van der Waals surface area (Å²) in [7, 11) is -3.59. The molecule has 0 aliphatic carbocycles. The van der Waals surface area contributed by atoms with E-state index in [0.717, 1.165) is 6.42 Å². The molecule has 1 rings (SSSR count). The summed E-state index contributed by atoms with van der Waals surface area (Å²) in [5, 5.41) is 3.08. The smallest absolute Gasteiger partial charge is 0.260 e. The van der Waals surface area contributed by atoms with Gasteiger partial charge in [0, 0.05) is 18.8 Å². The van der Waals surface area contributed by atoms with Crippen LogP contribution in [0.3, 0.4) is 0 Å². The van der Waals surface area contributed by atoms with Crippen molar-refractivity contribution in [2.45, 2.75) is 45.2 Å². The second-order valence-electron chi connectivity index (χ2n) is 4.68. The van der Waals surface area contributed by atoms with Gasteiger partial charge in [-0.1, -0.05) is 20.3 Å². The van der Waals surface area contributed by atoms with Gasteiger partial charge in [0.05, 0.1) is 5.69 Å². The first-order valence-corrected chi connectivity index (χ1v) is 8.11. The lowest BCUT2D eigenvalue weighted by Crippen LogP contribution is -2.37. The molecule has 108 valence electrons. The lowest BCUT2D eigenvalue weighted by atomic mass is 10.0. The maximum Gasteiger partial charge on any atom is 0.260 e. The van der Waals surface area contributed by atoms with Crippen LogP contribution in [0.15, 0.2) is 23.4 Å². The molecule has 0 aromatic carbocycles. The minimum atomic E-state index is -3.59. The number of nitrogens with one attached hydrogen (secondary N) is 2. The van der Waals surface area contributed by atoms with Gasteiger partial charge in [0.15, 0.2) is 5.03 Å². The molecule has 0 radical (unpaired) electrons. The van der Waals surface area contributed by atoms with E-state index in [2.05, 4.69) is 15.0 Å². The minimum absolute atomic E-state index is 0.0620. The van der Waals surface area contributed by atoms with Gasteiger partial charge in [-0.15, -0.1) is 0 Å². The predicted molar refractivity (Wildman–Crippen MR) is 77.6 cm³/mol. The van der Waals surface area contributed by atoms with Gasteiger partial charge < -0.3 is 5.32 Å². The molecule has 0 bridgehead atoms. The summed E-state index contributed by atoms with van der Waals surface area (Å²) in [5.74, 6) is 0.279. The van der Waals surface area contributed by atoms with Gasteiger partial charge in [-0.3, -0.25) is 0 Å². The minimum Gasteiger partial charge on any atom is -0.383 e. The fraction of sp³-hybridized carbons (Fsp3) is 0.615. The van der Waals surface area contributed by atoms with Crippen molar-refractivity contribution in [2.75, 3.05) is 11.9 Å². The zero-order valence-corrected chi connectivity index (χ0v) is 12.8.